The Morgan fingerprint density at radius 2 is 1.47 bits per heavy atom. The van der Waals surface area contributed by atoms with Crippen molar-refractivity contribution in [1.82, 2.24) is 10.2 Å². The van der Waals surface area contributed by atoms with Crippen LogP contribution < -0.4 is 16.0 Å². The second-order valence-corrected chi connectivity index (χ2v) is 9.38. The first-order valence-corrected chi connectivity index (χ1v) is 12.3. The zero-order valence-electron chi connectivity index (χ0n) is 18.6. The topological polar surface area (TPSA) is 80.2 Å². The number of nitrogens with one attached hydrogen (secondary N) is 4. The Hall–Kier alpha value is -3.23. The van der Waals surface area contributed by atoms with Gasteiger partial charge in [-0.25, -0.2) is 0 Å². The van der Waals surface area contributed by atoms with Gasteiger partial charge < -0.3 is 20.9 Å². The first-order chi connectivity index (χ1) is 16.5. The van der Waals surface area contributed by atoms with Gasteiger partial charge in [-0.15, -0.1) is 0 Å². The minimum absolute atomic E-state index is 0.228. The first-order valence-electron chi connectivity index (χ1n) is 11.1. The molecule has 0 aromatic heterocycles. The molecule has 4 N–H and O–H groups in total. The summed E-state index contributed by atoms with van der Waals surface area (Å²) in [5.74, 6) is 0.303. The smallest absolute Gasteiger partial charge is 0.251 e. The van der Waals surface area contributed by atoms with E-state index < -0.39 is 6.04 Å². The fourth-order valence-electron chi connectivity index (χ4n) is 3.83. The maximum Gasteiger partial charge on any atom is 0.251 e. The van der Waals surface area contributed by atoms with E-state index >= 15 is 0 Å². The highest BCUT2D eigenvalue weighted by atomic mass is 79.9. The summed E-state index contributed by atoms with van der Waals surface area (Å²) < 4.78 is 0.972. The second kappa shape index (κ2) is 11.3. The van der Waals surface area contributed by atoms with E-state index in [4.69, 9.17) is 17.6 Å². The molecule has 0 aliphatic carbocycles. The third-order valence-corrected chi connectivity index (χ3v) is 6.37. The average Bonchev–Trinajstić information content (AvgIpc) is 3.40. The number of likely N-dealkylation sites (tertiary alicyclic amines) is 1. The van der Waals surface area contributed by atoms with Gasteiger partial charge in [-0.3, -0.25) is 10.2 Å². The maximum absolute atomic E-state index is 13.3. The number of nitrogens with zero attached hydrogens (tertiary/aromatic N) is 1. The number of benzene rings is 3. The number of hydrogen-bond acceptors (Lipinski definition) is 3. The highest BCUT2D eigenvalue weighted by Gasteiger charge is 2.22. The summed E-state index contributed by atoms with van der Waals surface area (Å²) in [4.78, 5) is 15.3. The quantitative estimate of drug-likeness (QED) is 0.189. The third kappa shape index (κ3) is 6.21. The van der Waals surface area contributed by atoms with E-state index in [2.05, 4.69) is 36.8 Å². The van der Waals surface area contributed by atoms with E-state index in [1.54, 1.807) is 0 Å². The minimum Gasteiger partial charge on any atom is -0.357 e. The van der Waals surface area contributed by atoms with Crippen molar-refractivity contribution in [2.24, 2.45) is 0 Å². The number of thiocarbonyl (C=S) groups is 1. The van der Waals surface area contributed by atoms with E-state index in [1.807, 2.05) is 78.9 Å². The highest BCUT2D eigenvalue weighted by Crippen LogP contribution is 2.19. The van der Waals surface area contributed by atoms with Crippen LogP contribution >= 0.6 is 28.1 Å². The van der Waals surface area contributed by atoms with Gasteiger partial charge >= 0.3 is 0 Å². The Balaban J connectivity index is 1.44. The van der Waals surface area contributed by atoms with Gasteiger partial charge in [0.2, 0.25) is 0 Å². The van der Waals surface area contributed by atoms with Gasteiger partial charge in [0.1, 0.15) is 11.9 Å². The van der Waals surface area contributed by atoms with Gasteiger partial charge in [0.15, 0.2) is 5.11 Å². The van der Waals surface area contributed by atoms with Gasteiger partial charge in [0.25, 0.3) is 5.91 Å². The van der Waals surface area contributed by atoms with Gasteiger partial charge in [-0.05, 0) is 79.2 Å². The highest BCUT2D eigenvalue weighted by molar-refractivity contribution is 9.10. The Bertz CT molecular complexity index is 1150. The van der Waals surface area contributed by atoms with Gasteiger partial charge in [0, 0.05) is 34.5 Å². The second-order valence-electron chi connectivity index (χ2n) is 8.06. The molecule has 4 rings (SSSR count). The summed E-state index contributed by atoms with van der Waals surface area (Å²) in [5, 5.41) is 18.0. The molecular weight excluding hydrogens is 510 g/mol. The lowest BCUT2D eigenvalue weighted by molar-refractivity contribution is -0.117. The van der Waals surface area contributed by atoms with Crippen LogP contribution in [-0.2, 0) is 4.79 Å². The molecule has 0 bridgehead atoms. The Morgan fingerprint density at radius 3 is 2.12 bits per heavy atom. The lowest BCUT2D eigenvalue weighted by Gasteiger charge is -2.21. The summed E-state index contributed by atoms with van der Waals surface area (Å²) in [6, 6.07) is 23.8. The van der Waals surface area contributed by atoms with E-state index in [0.717, 1.165) is 47.2 Å². The fraction of sp³-hybridized carbons (Fsp3) is 0.192. The summed E-state index contributed by atoms with van der Waals surface area (Å²) >= 11 is 8.90. The molecule has 8 heteroatoms. The monoisotopic (exact) mass is 535 g/mol. The first kappa shape index (κ1) is 23.9. The Kier molecular flexibility index (Phi) is 7.92. The van der Waals surface area contributed by atoms with Crippen molar-refractivity contribution in [3.63, 3.8) is 0 Å². The van der Waals surface area contributed by atoms with E-state index in [-0.39, 0.29) is 5.91 Å². The zero-order valence-corrected chi connectivity index (χ0v) is 21.0. The molecule has 1 aliphatic rings. The van der Waals surface area contributed by atoms with Crippen molar-refractivity contribution in [1.29, 1.82) is 5.41 Å². The van der Waals surface area contributed by atoms with Crippen LogP contribution in [-0.4, -0.2) is 34.8 Å². The van der Waals surface area contributed by atoms with E-state index in [1.165, 1.54) is 0 Å². The molecule has 1 saturated heterocycles. The molecule has 1 atom stereocenters. The van der Waals surface area contributed by atoms with Crippen LogP contribution in [0.25, 0.3) is 0 Å². The van der Waals surface area contributed by atoms with Crippen LogP contribution in [0, 0.1) is 5.41 Å². The van der Waals surface area contributed by atoms with Gasteiger partial charge in [-0.2, -0.15) is 0 Å². The molecule has 0 radical (unpaired) electrons. The van der Waals surface area contributed by atoms with E-state index in [9.17, 15) is 4.79 Å². The normalized spacial score (nSPS) is 13.7. The number of hydrogen-bond donors (Lipinski definition) is 4. The molecule has 0 saturated carbocycles. The number of anilines is 2. The predicted octanol–water partition coefficient (Wildman–Crippen LogP) is 5.54. The summed E-state index contributed by atoms with van der Waals surface area (Å²) in [6.45, 7) is 1.85. The minimum atomic E-state index is -0.681. The molecule has 1 amide bonds. The number of amidine groups is 1. The average molecular weight is 536 g/mol. The predicted molar refractivity (Wildman–Crippen MR) is 145 cm³/mol. The number of carbonyl (C=O) groups excluding carboxylic acids is 1. The molecule has 174 valence electrons. The standard InChI is InChI=1S/C26H26BrN5OS/c27-20-10-14-22(15-11-20)30-26(34)31-23(18-6-2-1-3-7-18)25(33)29-21-12-8-19(9-13-21)24(28)32-16-4-5-17-32/h1-3,6-15,23,28H,4-5,16-17H2,(H,29,33)(H2,30,31,34)/t23-/m0/s1. The summed E-state index contributed by atoms with van der Waals surface area (Å²) in [7, 11) is 0. The number of rotatable bonds is 6. The Labute approximate surface area is 213 Å². The van der Waals surface area contributed by atoms with Crippen molar-refractivity contribution >= 4 is 56.4 Å². The lowest BCUT2D eigenvalue weighted by Crippen LogP contribution is -2.39. The lowest BCUT2D eigenvalue weighted by atomic mass is 10.1. The SMILES string of the molecule is N=C(c1ccc(NC(=O)[C@@H](NC(=S)Nc2ccc(Br)cc2)c2ccccc2)cc1)N1CCCC1. The maximum atomic E-state index is 13.3. The molecule has 1 heterocycles. The van der Waals surface area contributed by atoms with Crippen molar-refractivity contribution in [2.75, 3.05) is 23.7 Å². The van der Waals surface area contributed by atoms with Crippen LogP contribution in [0.2, 0.25) is 0 Å². The third-order valence-electron chi connectivity index (χ3n) is 5.62. The van der Waals surface area contributed by atoms with E-state index in [0.29, 0.717) is 16.6 Å². The van der Waals surface area contributed by atoms with Crippen LogP contribution in [0.15, 0.2) is 83.3 Å². The largest absolute Gasteiger partial charge is 0.357 e. The zero-order chi connectivity index (χ0) is 23.9. The molecule has 1 aliphatic heterocycles. The van der Waals surface area contributed by atoms with Crippen LogP contribution in [0.5, 0.6) is 0 Å². The molecule has 3 aromatic carbocycles. The summed E-state index contributed by atoms with van der Waals surface area (Å²) in [5.41, 5.74) is 3.13. The molecule has 6 nitrogen and oxygen atoms in total. The number of halogens is 1. The van der Waals surface area contributed by atoms with Crippen LogP contribution in [0.1, 0.15) is 30.0 Å². The molecule has 34 heavy (non-hydrogen) atoms. The molecular formula is C26H26BrN5OS. The van der Waals surface area contributed by atoms with Crippen molar-refractivity contribution in [2.45, 2.75) is 18.9 Å². The van der Waals surface area contributed by atoms with Gasteiger partial charge in [-0.1, -0.05) is 46.3 Å². The van der Waals surface area contributed by atoms with Crippen molar-refractivity contribution in [3.05, 3.63) is 94.5 Å². The molecule has 3 aromatic rings. The molecule has 1 fully saturated rings. The van der Waals surface area contributed by atoms with Crippen molar-refractivity contribution < 1.29 is 4.79 Å². The molecule has 0 spiro atoms. The number of amides is 1. The van der Waals surface area contributed by atoms with Gasteiger partial charge in [0.05, 0.1) is 0 Å². The van der Waals surface area contributed by atoms with Crippen LogP contribution in [0.4, 0.5) is 11.4 Å². The number of carbonyl (C=O) groups is 1. The summed E-state index contributed by atoms with van der Waals surface area (Å²) in [6.07, 6.45) is 2.26. The fourth-order valence-corrected chi connectivity index (χ4v) is 4.33. The van der Waals surface area contributed by atoms with Crippen LogP contribution in [0.3, 0.4) is 0 Å². The van der Waals surface area contributed by atoms with Crippen molar-refractivity contribution in [3.8, 4) is 0 Å². The molecule has 0 unspecified atom stereocenters. The Morgan fingerprint density at radius 1 is 0.882 bits per heavy atom.